The lowest BCUT2D eigenvalue weighted by Gasteiger charge is -2.20. The van der Waals surface area contributed by atoms with Gasteiger partial charge >= 0.3 is 13.5 Å². The van der Waals surface area contributed by atoms with Gasteiger partial charge in [0.2, 0.25) is 0 Å². The molecule has 3 aromatic rings. The lowest BCUT2D eigenvalue weighted by atomic mass is 10.2. The normalized spacial score (nSPS) is 13.1. The fraction of sp³-hybridized carbons (Fsp3) is 0.150. The number of rotatable bonds is 6. The zero-order valence-corrected chi connectivity index (χ0v) is 18.0. The van der Waals surface area contributed by atoms with Crippen LogP contribution in [0.4, 0.5) is 5.69 Å². The Morgan fingerprint density at radius 2 is 1.93 bits per heavy atom. The molecule has 5 nitrogen and oxygen atoms in total. The third kappa shape index (κ3) is 4.15. The lowest BCUT2D eigenvalue weighted by Crippen LogP contribution is -2.17. The minimum Gasteiger partial charge on any atom is -0.477 e. The van der Waals surface area contributed by atoms with Gasteiger partial charge in [0, 0.05) is 17.0 Å². The van der Waals surface area contributed by atoms with E-state index in [0.29, 0.717) is 15.2 Å². The summed E-state index contributed by atoms with van der Waals surface area (Å²) in [6.07, 6.45) is 0. The summed E-state index contributed by atoms with van der Waals surface area (Å²) >= 11 is 7.14. The molecule has 1 aromatic heterocycles. The van der Waals surface area contributed by atoms with Crippen molar-refractivity contribution >= 4 is 47.4 Å². The average molecular weight is 436 g/mol. The van der Waals surface area contributed by atoms with Crippen molar-refractivity contribution in [2.75, 3.05) is 12.2 Å². The minimum absolute atomic E-state index is 0.0528. The van der Waals surface area contributed by atoms with Gasteiger partial charge in [0.1, 0.15) is 4.88 Å². The highest BCUT2D eigenvalue weighted by atomic mass is 35.5. The molecule has 0 saturated heterocycles. The number of thiophene rings is 1. The third-order valence-corrected chi connectivity index (χ3v) is 7.82. The van der Waals surface area contributed by atoms with E-state index in [1.165, 1.54) is 7.11 Å². The molecule has 0 saturated carbocycles. The Labute approximate surface area is 172 Å². The van der Waals surface area contributed by atoms with Crippen LogP contribution in [0, 0.1) is 13.8 Å². The van der Waals surface area contributed by atoms with Crippen LogP contribution < -0.4 is 10.4 Å². The van der Waals surface area contributed by atoms with Crippen molar-refractivity contribution < 1.29 is 19.0 Å². The van der Waals surface area contributed by atoms with E-state index in [9.17, 15) is 14.5 Å². The van der Waals surface area contributed by atoms with Crippen LogP contribution in [0.2, 0.25) is 5.02 Å². The van der Waals surface area contributed by atoms with Crippen molar-refractivity contribution in [1.29, 1.82) is 0 Å². The molecule has 1 atom stereocenters. The summed E-state index contributed by atoms with van der Waals surface area (Å²) in [5, 5.41) is 13.5. The number of hydrogen-bond acceptors (Lipinski definition) is 4. The monoisotopic (exact) mass is 435 g/mol. The summed E-state index contributed by atoms with van der Waals surface area (Å²) in [6.45, 7) is 3.79. The first-order valence-electron chi connectivity index (χ1n) is 8.38. The van der Waals surface area contributed by atoms with Gasteiger partial charge in [0.25, 0.3) is 0 Å². The van der Waals surface area contributed by atoms with Crippen molar-refractivity contribution in [2.45, 2.75) is 13.8 Å². The summed E-state index contributed by atoms with van der Waals surface area (Å²) in [5.41, 5.74) is 2.87. The minimum atomic E-state index is -3.52. The molecule has 0 bridgehead atoms. The molecule has 0 fully saturated rings. The highest BCUT2D eigenvalue weighted by Gasteiger charge is 2.30. The topological polar surface area (TPSA) is 75.6 Å². The SMILES string of the molecule is COP(=O)(Nc1cc(-c2cccc(Cl)c2)sc1C(=O)O)c1ccc(C)cc1C. The molecule has 8 heteroatoms. The standard InChI is InChI=1S/C20H19ClNO4PS/c1-12-7-8-17(13(2)9-12)27(25,26-3)22-16-11-18(28-19(16)20(23)24)14-5-4-6-15(21)10-14/h4-11H,1-3H3,(H,22,25)(H,23,24). The lowest BCUT2D eigenvalue weighted by molar-refractivity contribution is 0.0703. The largest absolute Gasteiger partial charge is 0.477 e. The first kappa shape index (κ1) is 20.6. The van der Waals surface area contributed by atoms with E-state index >= 15 is 0 Å². The Morgan fingerprint density at radius 3 is 2.54 bits per heavy atom. The van der Waals surface area contributed by atoms with E-state index in [1.807, 2.05) is 32.0 Å². The van der Waals surface area contributed by atoms with E-state index in [1.54, 1.807) is 30.3 Å². The van der Waals surface area contributed by atoms with E-state index in [2.05, 4.69) is 5.09 Å². The van der Waals surface area contributed by atoms with Gasteiger partial charge in [-0.25, -0.2) is 4.79 Å². The maximum absolute atomic E-state index is 13.5. The molecule has 146 valence electrons. The van der Waals surface area contributed by atoms with Crippen molar-refractivity contribution in [3.63, 3.8) is 0 Å². The predicted octanol–water partition coefficient (Wildman–Crippen LogP) is 5.96. The van der Waals surface area contributed by atoms with Crippen LogP contribution in [0.25, 0.3) is 10.4 Å². The zero-order valence-electron chi connectivity index (χ0n) is 15.5. The van der Waals surface area contributed by atoms with Crippen LogP contribution in [-0.4, -0.2) is 18.2 Å². The maximum Gasteiger partial charge on any atom is 0.348 e. The van der Waals surface area contributed by atoms with Gasteiger partial charge in [0.05, 0.1) is 11.0 Å². The quantitative estimate of drug-likeness (QED) is 0.467. The number of carbonyl (C=O) groups is 1. The second kappa shape index (κ2) is 8.10. The predicted molar refractivity (Wildman–Crippen MR) is 116 cm³/mol. The molecule has 0 aliphatic carbocycles. The molecule has 3 rings (SSSR count). The summed E-state index contributed by atoms with van der Waals surface area (Å²) < 4.78 is 18.9. The van der Waals surface area contributed by atoms with E-state index in [-0.39, 0.29) is 10.6 Å². The van der Waals surface area contributed by atoms with Gasteiger partial charge in [-0.15, -0.1) is 11.3 Å². The Hall–Kier alpha value is -2.11. The smallest absolute Gasteiger partial charge is 0.348 e. The van der Waals surface area contributed by atoms with Crippen LogP contribution >= 0.6 is 30.5 Å². The summed E-state index contributed by atoms with van der Waals surface area (Å²) in [6, 6.07) is 14.3. The maximum atomic E-state index is 13.5. The number of anilines is 1. The van der Waals surface area contributed by atoms with Crippen LogP contribution in [0.15, 0.2) is 48.5 Å². The molecular formula is C20H19ClNO4PS. The van der Waals surface area contributed by atoms with Gasteiger partial charge in [-0.2, -0.15) is 0 Å². The molecule has 1 unspecified atom stereocenters. The van der Waals surface area contributed by atoms with Crippen molar-refractivity contribution in [3.05, 3.63) is 69.6 Å². The number of nitrogens with one attached hydrogen (secondary N) is 1. The molecule has 28 heavy (non-hydrogen) atoms. The molecule has 0 amide bonds. The molecule has 0 radical (unpaired) electrons. The van der Waals surface area contributed by atoms with Crippen LogP contribution in [0.5, 0.6) is 0 Å². The Balaban J connectivity index is 2.07. The van der Waals surface area contributed by atoms with Crippen LogP contribution in [0.1, 0.15) is 20.8 Å². The number of aryl methyl sites for hydroxylation is 2. The van der Waals surface area contributed by atoms with Gasteiger partial charge in [-0.05, 0) is 49.2 Å². The second-order valence-electron chi connectivity index (χ2n) is 6.30. The van der Waals surface area contributed by atoms with E-state index in [0.717, 1.165) is 28.0 Å². The molecule has 1 heterocycles. The van der Waals surface area contributed by atoms with Crippen molar-refractivity contribution in [1.82, 2.24) is 0 Å². The van der Waals surface area contributed by atoms with Gasteiger partial charge in [-0.3, -0.25) is 4.57 Å². The summed E-state index contributed by atoms with van der Waals surface area (Å²) in [4.78, 5) is 12.5. The summed E-state index contributed by atoms with van der Waals surface area (Å²) in [7, 11) is -2.17. The third-order valence-electron chi connectivity index (χ3n) is 4.23. The molecular weight excluding hydrogens is 417 g/mol. The second-order valence-corrected chi connectivity index (χ2v) is 9.97. The number of carboxylic acids is 1. The van der Waals surface area contributed by atoms with Gasteiger partial charge < -0.3 is 14.7 Å². The highest BCUT2D eigenvalue weighted by molar-refractivity contribution is 7.68. The molecule has 0 aliphatic heterocycles. The first-order chi connectivity index (χ1) is 13.2. The van der Waals surface area contributed by atoms with Crippen LogP contribution in [-0.2, 0) is 9.09 Å². The zero-order chi connectivity index (χ0) is 20.5. The molecule has 0 aliphatic rings. The number of carboxylic acid groups (broad SMARTS) is 1. The molecule has 0 spiro atoms. The van der Waals surface area contributed by atoms with Crippen LogP contribution in [0.3, 0.4) is 0 Å². The Kier molecular flexibility index (Phi) is 5.96. The first-order valence-corrected chi connectivity index (χ1v) is 11.2. The fourth-order valence-corrected chi connectivity index (χ4v) is 5.83. The molecule has 2 N–H and O–H groups in total. The molecule has 2 aromatic carbocycles. The number of aromatic carboxylic acids is 1. The average Bonchev–Trinajstić information content (AvgIpc) is 3.05. The number of hydrogen-bond donors (Lipinski definition) is 2. The van der Waals surface area contributed by atoms with Crippen molar-refractivity contribution in [2.24, 2.45) is 0 Å². The van der Waals surface area contributed by atoms with Crippen molar-refractivity contribution in [3.8, 4) is 10.4 Å². The highest BCUT2D eigenvalue weighted by Crippen LogP contribution is 2.48. The van der Waals surface area contributed by atoms with E-state index < -0.39 is 13.5 Å². The Morgan fingerprint density at radius 1 is 1.18 bits per heavy atom. The number of halogens is 1. The fourth-order valence-electron chi connectivity index (χ4n) is 2.92. The van der Waals surface area contributed by atoms with Gasteiger partial charge in [-0.1, -0.05) is 41.4 Å². The van der Waals surface area contributed by atoms with Gasteiger partial charge in [0.15, 0.2) is 0 Å². The Bertz CT molecular complexity index is 1100. The summed E-state index contributed by atoms with van der Waals surface area (Å²) in [5.74, 6) is -1.11. The number of benzene rings is 2. The van der Waals surface area contributed by atoms with E-state index in [4.69, 9.17) is 16.1 Å².